The molecule has 0 radical (unpaired) electrons. The van der Waals surface area contributed by atoms with Crippen LogP contribution in [0.3, 0.4) is 0 Å². The molecule has 0 aromatic carbocycles. The van der Waals surface area contributed by atoms with Gasteiger partial charge in [-0.25, -0.2) is 0 Å². The molecule has 0 amide bonds. The molecule has 0 unspecified atom stereocenters. The summed E-state index contributed by atoms with van der Waals surface area (Å²) in [7, 11) is 0. The third-order valence-electron chi connectivity index (χ3n) is 5.18. The van der Waals surface area contributed by atoms with Crippen LogP contribution < -0.4 is 0 Å². The predicted molar refractivity (Wildman–Crippen MR) is 87.0 cm³/mol. The van der Waals surface area contributed by atoms with Crippen LogP contribution in [0.25, 0.3) is 0 Å². The molecule has 1 atom stereocenters. The third kappa shape index (κ3) is 3.58. The third-order valence-corrected chi connectivity index (χ3v) is 10.1. The van der Waals surface area contributed by atoms with Crippen LogP contribution in [0, 0.1) is 5.92 Å². The Kier molecular flexibility index (Phi) is 5.01. The van der Waals surface area contributed by atoms with E-state index in [0.717, 1.165) is 32.2 Å². The summed E-state index contributed by atoms with van der Waals surface area (Å²) in [6.45, 7) is 4.98. The van der Waals surface area contributed by atoms with Crippen molar-refractivity contribution >= 4 is 24.3 Å². The van der Waals surface area contributed by atoms with Crippen LogP contribution in [-0.4, -0.2) is 52.2 Å². The molecule has 0 aromatic rings. The Morgan fingerprint density at radius 2 is 1.81 bits per heavy atom. The number of nitrogens with zero attached hydrogens (tertiary/aromatic N) is 1. The van der Waals surface area contributed by atoms with Crippen molar-refractivity contribution in [1.82, 2.24) is 5.06 Å². The van der Waals surface area contributed by atoms with E-state index in [2.05, 4.69) is 14.8 Å². The first kappa shape index (κ1) is 17.5. The van der Waals surface area contributed by atoms with Gasteiger partial charge in [0.15, 0.2) is 0 Å². The van der Waals surface area contributed by atoms with E-state index in [9.17, 15) is 9.90 Å². The minimum absolute atomic E-state index is 0.416. The second-order valence-electron chi connectivity index (χ2n) is 8.55. The number of carbonyl (C=O) groups is 1. The zero-order valence-electron chi connectivity index (χ0n) is 14.2. The molecule has 4 nitrogen and oxygen atoms in total. The van der Waals surface area contributed by atoms with Gasteiger partial charge in [-0.15, -0.1) is 0 Å². The fourth-order valence-corrected chi connectivity index (χ4v) is 6.50. The summed E-state index contributed by atoms with van der Waals surface area (Å²) in [5, 5.41) is 11.8. The molecule has 1 spiro atoms. The summed E-state index contributed by atoms with van der Waals surface area (Å²) in [6, 6.07) is 0. The Bertz CT molecular complexity index is 397. The van der Waals surface area contributed by atoms with Crippen molar-refractivity contribution in [1.29, 1.82) is 0 Å². The van der Waals surface area contributed by atoms with Crippen LogP contribution >= 0.6 is 0 Å². The van der Waals surface area contributed by atoms with Gasteiger partial charge in [-0.2, -0.15) is 0 Å². The molecule has 0 aromatic heterocycles. The van der Waals surface area contributed by atoms with Crippen molar-refractivity contribution in [2.45, 2.75) is 76.3 Å². The van der Waals surface area contributed by atoms with Crippen LogP contribution in [0.1, 0.15) is 46.0 Å². The fourth-order valence-electron chi connectivity index (χ4n) is 4.01. The molecular weight excluding hydrogens is 373 g/mol. The maximum absolute atomic E-state index is 11.9. The number of aliphatic carboxylic acids is 1. The standard InChI is InChI=1S/C13H22NO3.3CH3.Sn/c1-4-14-12(2,3)10(11(15)16)13(17-14)8-6-5-7-9-13;;;;/h10H,1,4-9H2,2-3H3,(H,15,16);3*1H3;/t10-;;;;/m0..../s1. The van der Waals surface area contributed by atoms with Crippen LogP contribution in [0.5, 0.6) is 0 Å². The molecule has 2 fully saturated rings. The second-order valence-corrected chi connectivity index (χ2v) is 24.6. The summed E-state index contributed by atoms with van der Waals surface area (Å²) in [6.07, 6.45) is 5.17. The molecule has 1 heterocycles. The van der Waals surface area contributed by atoms with Crippen molar-refractivity contribution in [3.8, 4) is 0 Å². The molecule has 1 aliphatic carbocycles. The summed E-state index contributed by atoms with van der Waals surface area (Å²) < 4.78 is 1.21. The van der Waals surface area contributed by atoms with Crippen molar-refractivity contribution in [3.05, 3.63) is 0 Å². The predicted octanol–water partition coefficient (Wildman–Crippen LogP) is 3.75. The maximum atomic E-state index is 11.9. The first-order chi connectivity index (χ1) is 9.58. The fraction of sp³-hybridized carbons (Fsp3) is 0.938. The quantitative estimate of drug-likeness (QED) is 0.726. The molecule has 2 rings (SSSR count). The number of carboxylic acid groups (broad SMARTS) is 1. The Labute approximate surface area is 133 Å². The van der Waals surface area contributed by atoms with E-state index in [1.165, 1.54) is 10.9 Å². The monoisotopic (exact) mass is 405 g/mol. The zero-order chi connectivity index (χ0) is 15.9. The van der Waals surface area contributed by atoms with Gasteiger partial charge in [0.05, 0.1) is 0 Å². The molecule has 21 heavy (non-hydrogen) atoms. The number of rotatable bonds is 4. The van der Waals surface area contributed by atoms with Gasteiger partial charge in [-0.05, 0) is 0 Å². The SMILES string of the molecule is CC1(C)[C@H](C(=O)O)C2(CCCCC2)ON1C[CH2][Sn]([CH3])([CH3])[CH3]. The van der Waals surface area contributed by atoms with Gasteiger partial charge in [-0.1, -0.05) is 0 Å². The Hall–Kier alpha value is 0.189. The first-order valence-electron chi connectivity index (χ1n) is 8.28. The van der Waals surface area contributed by atoms with E-state index >= 15 is 0 Å². The van der Waals surface area contributed by atoms with Gasteiger partial charge in [0, 0.05) is 0 Å². The molecule has 122 valence electrons. The number of hydrogen-bond acceptors (Lipinski definition) is 3. The van der Waals surface area contributed by atoms with E-state index in [4.69, 9.17) is 4.84 Å². The number of hydrogen-bond donors (Lipinski definition) is 1. The Morgan fingerprint density at radius 3 is 2.29 bits per heavy atom. The molecule has 2 aliphatic rings. The van der Waals surface area contributed by atoms with Crippen LogP contribution in [0.2, 0.25) is 19.3 Å². The molecule has 0 bridgehead atoms. The van der Waals surface area contributed by atoms with E-state index < -0.39 is 41.4 Å². The molecule has 1 N–H and O–H groups in total. The van der Waals surface area contributed by atoms with E-state index in [-0.39, 0.29) is 0 Å². The van der Waals surface area contributed by atoms with Gasteiger partial charge in [0.1, 0.15) is 0 Å². The second kappa shape index (κ2) is 6.00. The number of hydroxylamine groups is 2. The van der Waals surface area contributed by atoms with Crippen molar-refractivity contribution < 1.29 is 14.7 Å². The molecule has 1 aliphatic heterocycles. The van der Waals surface area contributed by atoms with Crippen molar-refractivity contribution in [2.75, 3.05) is 6.54 Å². The van der Waals surface area contributed by atoms with E-state index in [1.807, 2.05) is 18.9 Å². The number of carboxylic acids is 1. The Morgan fingerprint density at radius 1 is 1.24 bits per heavy atom. The van der Waals surface area contributed by atoms with Gasteiger partial charge >= 0.3 is 133 Å². The topological polar surface area (TPSA) is 49.8 Å². The summed E-state index contributed by atoms with van der Waals surface area (Å²) in [5.41, 5.74) is -0.874. The molecule has 5 heteroatoms. The molecule has 1 saturated carbocycles. The van der Waals surface area contributed by atoms with Gasteiger partial charge in [-0.3, -0.25) is 0 Å². The zero-order valence-corrected chi connectivity index (χ0v) is 17.1. The minimum atomic E-state index is -1.88. The van der Waals surface area contributed by atoms with Crippen LogP contribution in [-0.2, 0) is 9.63 Å². The van der Waals surface area contributed by atoms with Gasteiger partial charge < -0.3 is 0 Å². The molecule has 1 saturated heterocycles. The van der Waals surface area contributed by atoms with Crippen LogP contribution in [0.15, 0.2) is 0 Å². The molecular formula is C16H31NO3Sn. The summed E-state index contributed by atoms with van der Waals surface area (Å²) >= 11 is -1.88. The normalized spacial score (nSPS) is 28.9. The van der Waals surface area contributed by atoms with Crippen LogP contribution in [0.4, 0.5) is 0 Å². The van der Waals surface area contributed by atoms with E-state index in [1.54, 1.807) is 0 Å². The van der Waals surface area contributed by atoms with Gasteiger partial charge in [0.25, 0.3) is 0 Å². The van der Waals surface area contributed by atoms with Crippen molar-refractivity contribution in [2.24, 2.45) is 5.92 Å². The average Bonchev–Trinajstić information content (AvgIpc) is 2.54. The van der Waals surface area contributed by atoms with E-state index in [0.29, 0.717) is 0 Å². The Balaban J connectivity index is 2.23. The van der Waals surface area contributed by atoms with Gasteiger partial charge in [0.2, 0.25) is 0 Å². The summed E-state index contributed by atoms with van der Waals surface area (Å²) in [5.74, 6) is -1.11. The van der Waals surface area contributed by atoms with Crippen molar-refractivity contribution in [3.63, 3.8) is 0 Å². The average molecular weight is 404 g/mol. The summed E-state index contributed by atoms with van der Waals surface area (Å²) in [4.78, 5) is 25.6. The first-order valence-corrected chi connectivity index (χ1v) is 18.9.